The van der Waals surface area contributed by atoms with Crippen molar-refractivity contribution in [3.8, 4) is 0 Å². The summed E-state index contributed by atoms with van der Waals surface area (Å²) < 4.78 is 10.8. The number of nitrogens with one attached hydrogen (secondary N) is 1. The fourth-order valence-corrected chi connectivity index (χ4v) is 2.92. The van der Waals surface area contributed by atoms with Gasteiger partial charge in [0.15, 0.2) is 0 Å². The standard InChI is InChI=1S/C12H20N3O8P/c13-9(16)4-3-7(14-10(17)6-24(21,22)23)11(18)15-5-1-2-8(15)12(19)20/h7-8H,1-6H2,(H2,13,16)(H,14,17)(H,19,20)(H2,21,22,23)/t7-,8-/m0/s1. The number of nitrogens with zero attached hydrogens (tertiary/aromatic N) is 1. The van der Waals surface area contributed by atoms with Gasteiger partial charge in [0.1, 0.15) is 18.2 Å². The lowest BCUT2D eigenvalue weighted by Gasteiger charge is -2.27. The van der Waals surface area contributed by atoms with E-state index in [4.69, 9.17) is 20.6 Å². The van der Waals surface area contributed by atoms with Crippen molar-refractivity contribution < 1.29 is 38.6 Å². The smallest absolute Gasteiger partial charge is 0.334 e. The summed E-state index contributed by atoms with van der Waals surface area (Å²) in [5.74, 6) is -3.71. The topological polar surface area (TPSA) is 187 Å². The Morgan fingerprint density at radius 1 is 1.29 bits per heavy atom. The molecule has 11 nitrogen and oxygen atoms in total. The number of aliphatic carboxylic acids is 1. The number of hydrogen-bond acceptors (Lipinski definition) is 5. The summed E-state index contributed by atoms with van der Waals surface area (Å²) in [4.78, 5) is 64.8. The quantitative estimate of drug-likeness (QED) is 0.305. The molecule has 0 aromatic heterocycles. The van der Waals surface area contributed by atoms with Crippen LogP contribution in [0.4, 0.5) is 0 Å². The second kappa shape index (κ2) is 8.22. The van der Waals surface area contributed by atoms with Gasteiger partial charge >= 0.3 is 13.6 Å². The maximum absolute atomic E-state index is 12.5. The van der Waals surface area contributed by atoms with E-state index >= 15 is 0 Å². The molecule has 1 aliphatic rings. The van der Waals surface area contributed by atoms with Crippen LogP contribution in [-0.4, -0.2) is 68.3 Å². The van der Waals surface area contributed by atoms with Crippen molar-refractivity contribution in [2.45, 2.75) is 37.8 Å². The highest BCUT2D eigenvalue weighted by molar-refractivity contribution is 7.52. The number of carboxylic acid groups (broad SMARTS) is 1. The van der Waals surface area contributed by atoms with Gasteiger partial charge in [-0.1, -0.05) is 0 Å². The van der Waals surface area contributed by atoms with Gasteiger partial charge in [-0.2, -0.15) is 0 Å². The summed E-state index contributed by atoms with van der Waals surface area (Å²) in [5, 5.41) is 11.3. The van der Waals surface area contributed by atoms with Crippen molar-refractivity contribution in [2.24, 2.45) is 5.73 Å². The van der Waals surface area contributed by atoms with Crippen molar-refractivity contribution in [3.63, 3.8) is 0 Å². The average Bonchev–Trinajstić information content (AvgIpc) is 2.89. The first-order valence-electron chi connectivity index (χ1n) is 7.17. The summed E-state index contributed by atoms with van der Waals surface area (Å²) in [5.41, 5.74) is 5.01. The minimum atomic E-state index is -4.62. The van der Waals surface area contributed by atoms with Crippen LogP contribution in [0.3, 0.4) is 0 Å². The summed E-state index contributed by atoms with van der Waals surface area (Å²) in [7, 11) is -4.62. The zero-order valence-electron chi connectivity index (χ0n) is 12.8. The lowest BCUT2D eigenvalue weighted by molar-refractivity contribution is -0.149. The van der Waals surface area contributed by atoms with Crippen LogP contribution in [0.1, 0.15) is 25.7 Å². The number of amides is 3. The van der Waals surface area contributed by atoms with E-state index in [0.29, 0.717) is 6.42 Å². The summed E-state index contributed by atoms with van der Waals surface area (Å²) in [6, 6.07) is -2.32. The zero-order chi connectivity index (χ0) is 18.5. The van der Waals surface area contributed by atoms with Gasteiger partial charge in [-0.3, -0.25) is 18.9 Å². The number of nitrogens with two attached hydrogens (primary N) is 1. The van der Waals surface area contributed by atoms with Crippen LogP contribution in [0, 0.1) is 0 Å². The second-order valence-electron chi connectivity index (χ2n) is 5.48. The first-order chi connectivity index (χ1) is 11.0. The molecule has 0 spiro atoms. The number of carbonyl (C=O) groups is 4. The van der Waals surface area contributed by atoms with Crippen LogP contribution in [0.2, 0.25) is 0 Å². The summed E-state index contributed by atoms with van der Waals surface area (Å²) >= 11 is 0. The maximum Gasteiger partial charge on any atom is 0.334 e. The van der Waals surface area contributed by atoms with Gasteiger partial charge in [0.05, 0.1) is 0 Å². The maximum atomic E-state index is 12.5. The molecular formula is C12H20N3O8P. The Balaban J connectivity index is 2.85. The molecule has 1 saturated heterocycles. The number of hydrogen-bond donors (Lipinski definition) is 5. The fourth-order valence-electron chi connectivity index (χ4n) is 2.46. The van der Waals surface area contributed by atoms with E-state index in [1.165, 1.54) is 0 Å². The van der Waals surface area contributed by atoms with Gasteiger partial charge in [-0.15, -0.1) is 0 Å². The van der Waals surface area contributed by atoms with Crippen molar-refractivity contribution in [1.82, 2.24) is 10.2 Å². The molecule has 0 aromatic rings. The highest BCUT2D eigenvalue weighted by atomic mass is 31.2. The van der Waals surface area contributed by atoms with Crippen molar-refractivity contribution in [1.29, 1.82) is 0 Å². The van der Waals surface area contributed by atoms with Crippen molar-refractivity contribution in [2.75, 3.05) is 12.7 Å². The molecule has 136 valence electrons. The van der Waals surface area contributed by atoms with E-state index in [0.717, 1.165) is 4.90 Å². The molecule has 6 N–H and O–H groups in total. The third-order valence-corrected chi connectivity index (χ3v) is 4.18. The van der Waals surface area contributed by atoms with Gasteiger partial charge in [-0.05, 0) is 19.3 Å². The highest BCUT2D eigenvalue weighted by Gasteiger charge is 2.38. The molecule has 1 heterocycles. The van der Waals surface area contributed by atoms with Gasteiger partial charge in [0.25, 0.3) is 0 Å². The zero-order valence-corrected chi connectivity index (χ0v) is 13.6. The number of rotatable bonds is 8. The lowest BCUT2D eigenvalue weighted by atomic mass is 10.1. The van der Waals surface area contributed by atoms with Crippen molar-refractivity contribution in [3.05, 3.63) is 0 Å². The Hall–Kier alpha value is -1.97. The molecule has 0 unspecified atom stereocenters. The molecule has 3 amide bonds. The Labute approximate surface area is 137 Å². The van der Waals surface area contributed by atoms with E-state index in [1.54, 1.807) is 0 Å². The molecule has 0 aromatic carbocycles. The predicted molar refractivity (Wildman–Crippen MR) is 79.6 cm³/mol. The number of primary amides is 1. The molecule has 1 rings (SSSR count). The molecule has 1 aliphatic heterocycles. The number of carboxylic acids is 1. The SMILES string of the molecule is NC(=O)CC[C@H](NC(=O)CP(=O)(O)O)C(=O)N1CCC[C@H]1C(=O)O. The third-order valence-electron chi connectivity index (χ3n) is 3.48. The van der Waals surface area contributed by atoms with Crippen molar-refractivity contribution >= 4 is 31.3 Å². The van der Waals surface area contributed by atoms with E-state index in [1.807, 2.05) is 0 Å². The molecule has 2 atom stereocenters. The molecule has 0 radical (unpaired) electrons. The van der Waals surface area contributed by atoms with Crippen LogP contribution in [0.5, 0.6) is 0 Å². The molecule has 0 saturated carbocycles. The second-order valence-corrected chi connectivity index (χ2v) is 7.12. The van der Waals surface area contributed by atoms with E-state index in [9.17, 15) is 23.7 Å². The number of carbonyl (C=O) groups excluding carboxylic acids is 3. The van der Waals surface area contributed by atoms with Crippen LogP contribution in [0.15, 0.2) is 0 Å². The Bertz CT molecular complexity index is 575. The minimum absolute atomic E-state index is 0.178. The Morgan fingerprint density at radius 2 is 1.92 bits per heavy atom. The highest BCUT2D eigenvalue weighted by Crippen LogP contribution is 2.33. The minimum Gasteiger partial charge on any atom is -0.480 e. The van der Waals surface area contributed by atoms with Crippen LogP contribution in [-0.2, 0) is 23.7 Å². The van der Waals surface area contributed by atoms with Gasteiger partial charge in [0, 0.05) is 13.0 Å². The van der Waals surface area contributed by atoms with Gasteiger partial charge < -0.3 is 30.8 Å². The molecular weight excluding hydrogens is 345 g/mol. The first kappa shape index (κ1) is 20.1. The fraction of sp³-hybridized carbons (Fsp3) is 0.667. The third kappa shape index (κ3) is 6.26. The molecule has 24 heavy (non-hydrogen) atoms. The van der Waals surface area contributed by atoms with E-state index < -0.39 is 49.5 Å². The Kier molecular flexibility index (Phi) is 6.88. The largest absolute Gasteiger partial charge is 0.480 e. The molecule has 12 heteroatoms. The molecule has 0 aliphatic carbocycles. The monoisotopic (exact) mass is 365 g/mol. The van der Waals surface area contributed by atoms with E-state index in [-0.39, 0.29) is 25.8 Å². The summed E-state index contributed by atoms with van der Waals surface area (Å²) in [6.07, 6.45) is -0.820. The average molecular weight is 365 g/mol. The predicted octanol–water partition coefficient (Wildman–Crippen LogP) is -2.01. The molecule has 0 bridgehead atoms. The normalized spacial score (nSPS) is 18.9. The first-order valence-corrected chi connectivity index (χ1v) is 8.96. The van der Waals surface area contributed by atoms with E-state index in [2.05, 4.69) is 5.32 Å². The van der Waals surface area contributed by atoms with Crippen LogP contribution < -0.4 is 11.1 Å². The number of likely N-dealkylation sites (tertiary alicyclic amines) is 1. The van der Waals surface area contributed by atoms with Gasteiger partial charge in [0.2, 0.25) is 17.7 Å². The van der Waals surface area contributed by atoms with Crippen LogP contribution in [0.25, 0.3) is 0 Å². The van der Waals surface area contributed by atoms with Gasteiger partial charge in [-0.25, -0.2) is 4.79 Å². The lowest BCUT2D eigenvalue weighted by Crippen LogP contribution is -2.52. The Morgan fingerprint density at radius 3 is 2.42 bits per heavy atom. The summed E-state index contributed by atoms with van der Waals surface area (Å²) in [6.45, 7) is 0.178. The van der Waals surface area contributed by atoms with Crippen LogP contribution >= 0.6 is 7.60 Å². The molecule has 1 fully saturated rings.